The van der Waals surface area contributed by atoms with Crippen LogP contribution in [-0.2, 0) is 6.54 Å². The van der Waals surface area contributed by atoms with Crippen LogP contribution < -0.4 is 10.1 Å². The van der Waals surface area contributed by atoms with Crippen LogP contribution in [0.1, 0.15) is 24.8 Å². The van der Waals surface area contributed by atoms with Crippen molar-refractivity contribution in [3.05, 3.63) is 78.5 Å². The third-order valence-electron chi connectivity index (χ3n) is 5.67. The molecule has 0 saturated heterocycles. The van der Waals surface area contributed by atoms with Crippen LogP contribution in [0.5, 0.6) is 5.75 Å². The monoisotopic (exact) mass is 412 g/mol. The van der Waals surface area contributed by atoms with Crippen LogP contribution in [0.3, 0.4) is 0 Å². The number of nitrogens with zero attached hydrogens (tertiary/aromatic N) is 3. The van der Waals surface area contributed by atoms with Crippen molar-refractivity contribution in [3.63, 3.8) is 0 Å². The molecule has 1 N–H and O–H groups in total. The van der Waals surface area contributed by atoms with Gasteiger partial charge in [-0.1, -0.05) is 36.4 Å². The fourth-order valence-electron chi connectivity index (χ4n) is 3.92. The van der Waals surface area contributed by atoms with Gasteiger partial charge in [-0.05, 0) is 61.1 Å². The van der Waals surface area contributed by atoms with Crippen molar-refractivity contribution in [1.29, 1.82) is 0 Å². The summed E-state index contributed by atoms with van der Waals surface area (Å²) in [6, 6.07) is 18.6. The average molecular weight is 413 g/mol. The lowest BCUT2D eigenvalue weighted by atomic mass is 10.1. The van der Waals surface area contributed by atoms with E-state index in [4.69, 9.17) is 9.72 Å². The summed E-state index contributed by atoms with van der Waals surface area (Å²) < 4.78 is 5.97. The lowest BCUT2D eigenvalue weighted by molar-refractivity contribution is 0.281. The number of ether oxygens (including phenoxy) is 1. The van der Waals surface area contributed by atoms with Gasteiger partial charge in [-0.3, -0.25) is 4.90 Å². The van der Waals surface area contributed by atoms with Crippen LogP contribution in [-0.4, -0.2) is 34.6 Å². The van der Waals surface area contributed by atoms with E-state index in [0.29, 0.717) is 12.6 Å². The number of rotatable bonds is 2. The summed E-state index contributed by atoms with van der Waals surface area (Å²) in [5, 5.41) is 3.38. The van der Waals surface area contributed by atoms with Gasteiger partial charge < -0.3 is 10.1 Å². The maximum absolute atomic E-state index is 5.97. The molecule has 0 atom stereocenters. The second kappa shape index (κ2) is 9.31. The van der Waals surface area contributed by atoms with Gasteiger partial charge in [0.25, 0.3) is 0 Å². The molecule has 158 valence electrons. The highest BCUT2D eigenvalue weighted by Crippen LogP contribution is 2.30. The fourth-order valence-corrected chi connectivity index (χ4v) is 3.92. The first kappa shape index (κ1) is 19.8. The molecule has 5 nitrogen and oxygen atoms in total. The molecule has 2 aromatic carbocycles. The molecule has 1 aromatic heterocycles. The molecule has 2 heterocycles. The Kier molecular flexibility index (Phi) is 5.94. The van der Waals surface area contributed by atoms with E-state index in [1.807, 2.05) is 30.3 Å². The molecular formula is C26H28N4O. The molecule has 1 fully saturated rings. The van der Waals surface area contributed by atoms with E-state index < -0.39 is 0 Å². The average Bonchev–Trinajstić information content (AvgIpc) is 3.60. The Morgan fingerprint density at radius 2 is 1.97 bits per heavy atom. The minimum Gasteiger partial charge on any atom is -0.493 e. The van der Waals surface area contributed by atoms with Crippen molar-refractivity contribution in [3.8, 4) is 17.0 Å². The van der Waals surface area contributed by atoms with Crippen LogP contribution in [0.2, 0.25) is 0 Å². The number of hydrogen-bond acceptors (Lipinski definition) is 5. The maximum Gasteiger partial charge on any atom is 0.227 e. The Morgan fingerprint density at radius 3 is 2.90 bits per heavy atom. The van der Waals surface area contributed by atoms with Gasteiger partial charge in [-0.25, -0.2) is 9.97 Å². The van der Waals surface area contributed by atoms with Crippen LogP contribution in [0.25, 0.3) is 11.3 Å². The Balaban J connectivity index is 1.44. The molecule has 0 radical (unpaired) electrons. The Labute approximate surface area is 183 Å². The molecule has 1 aliphatic heterocycles. The first-order valence-electron chi connectivity index (χ1n) is 11.1. The van der Waals surface area contributed by atoms with Gasteiger partial charge >= 0.3 is 0 Å². The highest BCUT2D eigenvalue weighted by molar-refractivity contribution is 5.63. The zero-order valence-corrected chi connectivity index (χ0v) is 17.7. The number of benzene rings is 2. The van der Waals surface area contributed by atoms with Crippen LogP contribution >= 0.6 is 0 Å². The predicted octanol–water partition coefficient (Wildman–Crippen LogP) is 5.44. The van der Waals surface area contributed by atoms with Crippen LogP contribution in [0.15, 0.2) is 72.9 Å². The number of fused-ring (bicyclic) bond motifs is 7. The first-order valence-corrected chi connectivity index (χ1v) is 11.1. The molecule has 5 rings (SSSR count). The minimum absolute atomic E-state index is 0.597. The van der Waals surface area contributed by atoms with Crippen LogP contribution in [0, 0.1) is 5.92 Å². The normalized spacial score (nSPS) is 17.2. The van der Waals surface area contributed by atoms with Gasteiger partial charge in [-0.15, -0.1) is 0 Å². The second-order valence-electron chi connectivity index (χ2n) is 8.36. The molecule has 6 bridgehead atoms. The molecular weight excluding hydrogens is 384 g/mol. The van der Waals surface area contributed by atoms with E-state index in [2.05, 4.69) is 51.6 Å². The first-order chi connectivity index (χ1) is 15.3. The van der Waals surface area contributed by atoms with Gasteiger partial charge in [0.15, 0.2) is 0 Å². The van der Waals surface area contributed by atoms with Crippen molar-refractivity contribution in [2.45, 2.75) is 25.8 Å². The smallest absolute Gasteiger partial charge is 0.227 e. The van der Waals surface area contributed by atoms with Gasteiger partial charge in [0.2, 0.25) is 5.95 Å². The van der Waals surface area contributed by atoms with E-state index >= 15 is 0 Å². The largest absolute Gasteiger partial charge is 0.493 e. The summed E-state index contributed by atoms with van der Waals surface area (Å²) in [7, 11) is 0. The van der Waals surface area contributed by atoms with E-state index in [0.717, 1.165) is 54.7 Å². The molecule has 0 amide bonds. The molecule has 3 aromatic rings. The van der Waals surface area contributed by atoms with E-state index in [9.17, 15) is 0 Å². The topological polar surface area (TPSA) is 50.3 Å². The third-order valence-corrected chi connectivity index (χ3v) is 5.67. The minimum atomic E-state index is 0.597. The van der Waals surface area contributed by atoms with Crippen molar-refractivity contribution in [2.24, 2.45) is 5.92 Å². The third kappa shape index (κ3) is 5.50. The summed E-state index contributed by atoms with van der Waals surface area (Å²) in [6.07, 6.45) is 9.94. The molecule has 1 aliphatic carbocycles. The molecule has 2 aliphatic rings. The number of anilines is 2. The Morgan fingerprint density at radius 1 is 1.03 bits per heavy atom. The van der Waals surface area contributed by atoms with Crippen molar-refractivity contribution in [1.82, 2.24) is 14.9 Å². The van der Waals surface area contributed by atoms with E-state index in [1.54, 1.807) is 6.20 Å². The lowest BCUT2D eigenvalue weighted by Crippen LogP contribution is -2.25. The number of hydrogen-bond donors (Lipinski definition) is 1. The summed E-state index contributed by atoms with van der Waals surface area (Å²) in [5.74, 6) is 2.32. The summed E-state index contributed by atoms with van der Waals surface area (Å²) in [6.45, 7) is 3.74. The van der Waals surface area contributed by atoms with Gasteiger partial charge in [-0.2, -0.15) is 0 Å². The van der Waals surface area contributed by atoms with E-state index in [-0.39, 0.29) is 0 Å². The highest BCUT2D eigenvalue weighted by atomic mass is 16.5. The Hall–Kier alpha value is -3.18. The Bertz CT molecular complexity index is 1060. The molecule has 0 unspecified atom stereocenters. The quantitative estimate of drug-likeness (QED) is 0.568. The summed E-state index contributed by atoms with van der Waals surface area (Å²) >= 11 is 0. The zero-order valence-electron chi connectivity index (χ0n) is 17.7. The van der Waals surface area contributed by atoms with Gasteiger partial charge in [0, 0.05) is 37.1 Å². The fraction of sp³-hybridized carbons (Fsp3) is 0.308. The van der Waals surface area contributed by atoms with Crippen LogP contribution in [0.4, 0.5) is 11.6 Å². The summed E-state index contributed by atoms with van der Waals surface area (Å²) in [5.41, 5.74) is 4.20. The SMILES string of the molecule is C1=CCN(CC2CC2)Cc2cccc(c2)Nc2nccc(n2)-c2cccc(c2)OCC1. The highest BCUT2D eigenvalue weighted by Gasteiger charge is 2.23. The molecule has 1 saturated carbocycles. The van der Waals surface area contributed by atoms with Crippen molar-refractivity contribution in [2.75, 3.05) is 25.0 Å². The van der Waals surface area contributed by atoms with Crippen molar-refractivity contribution >= 4 is 11.6 Å². The summed E-state index contributed by atoms with van der Waals surface area (Å²) in [4.78, 5) is 11.7. The standard InChI is InChI=1S/C26H28N4O/c1-2-14-30(18-20-10-11-20)19-21-6-4-8-23(16-21)28-26-27-13-12-25(29-26)22-7-5-9-24(17-22)31-15-3-1/h1-2,4-9,12-13,16-17,20H,3,10-11,14-15,18-19H2,(H,27,28,29). The maximum atomic E-state index is 5.97. The second-order valence-corrected chi connectivity index (χ2v) is 8.36. The molecule has 5 heteroatoms. The van der Waals surface area contributed by atoms with Crippen molar-refractivity contribution < 1.29 is 4.74 Å². The predicted molar refractivity (Wildman–Crippen MR) is 124 cm³/mol. The molecule has 31 heavy (non-hydrogen) atoms. The zero-order chi connectivity index (χ0) is 20.9. The molecule has 0 spiro atoms. The number of aromatic nitrogens is 2. The van der Waals surface area contributed by atoms with E-state index in [1.165, 1.54) is 18.4 Å². The number of nitrogens with one attached hydrogen (secondary N) is 1. The van der Waals surface area contributed by atoms with Gasteiger partial charge in [0.05, 0.1) is 12.3 Å². The lowest BCUT2D eigenvalue weighted by Gasteiger charge is -2.21. The van der Waals surface area contributed by atoms with Gasteiger partial charge in [0.1, 0.15) is 5.75 Å².